The lowest BCUT2D eigenvalue weighted by molar-refractivity contribution is 0.482. The molecule has 3 nitrogen and oxygen atoms in total. The van der Waals surface area contributed by atoms with Gasteiger partial charge >= 0.3 is 0 Å². The Balaban J connectivity index is 1.66. The van der Waals surface area contributed by atoms with Crippen molar-refractivity contribution in [1.82, 2.24) is 4.98 Å². The summed E-state index contributed by atoms with van der Waals surface area (Å²) >= 11 is 0. The van der Waals surface area contributed by atoms with Crippen LogP contribution in [0.1, 0.15) is 0 Å². The van der Waals surface area contributed by atoms with Crippen molar-refractivity contribution in [2.75, 3.05) is 5.32 Å². The number of rotatable bonds is 0. The molecule has 0 amide bonds. The Kier molecular flexibility index (Phi) is 2.61. The Morgan fingerprint density at radius 2 is 1.50 bits per heavy atom. The third-order valence-electron chi connectivity index (χ3n) is 5.03. The van der Waals surface area contributed by atoms with Gasteiger partial charge in [-0.3, -0.25) is 0 Å². The molecule has 1 N–H and O–H groups in total. The van der Waals surface area contributed by atoms with E-state index in [4.69, 9.17) is 9.72 Å². The fourth-order valence-corrected chi connectivity index (χ4v) is 3.77. The average Bonchev–Trinajstić information content (AvgIpc) is 2.70. The van der Waals surface area contributed by atoms with Gasteiger partial charge in [-0.1, -0.05) is 30.3 Å². The number of benzene rings is 4. The van der Waals surface area contributed by atoms with Gasteiger partial charge < -0.3 is 10.1 Å². The van der Waals surface area contributed by atoms with Crippen LogP contribution < -0.4 is 10.1 Å². The number of para-hydroxylation sites is 3. The predicted molar refractivity (Wildman–Crippen MR) is 107 cm³/mol. The Bertz CT molecular complexity index is 1340. The summed E-state index contributed by atoms with van der Waals surface area (Å²) in [5.74, 6) is 1.71. The van der Waals surface area contributed by atoms with Gasteiger partial charge in [0.1, 0.15) is 0 Å². The van der Waals surface area contributed by atoms with E-state index in [1.165, 1.54) is 5.39 Å². The number of aromatic nitrogens is 1. The molecule has 4 aromatic carbocycles. The maximum atomic E-state index is 6.09. The van der Waals surface area contributed by atoms with Gasteiger partial charge in [0.2, 0.25) is 0 Å². The van der Waals surface area contributed by atoms with Crippen molar-refractivity contribution in [1.29, 1.82) is 0 Å². The molecule has 0 bridgehead atoms. The molecule has 0 saturated heterocycles. The summed E-state index contributed by atoms with van der Waals surface area (Å²) in [6, 6.07) is 26.9. The molecule has 26 heavy (non-hydrogen) atoms. The number of anilines is 2. The summed E-state index contributed by atoms with van der Waals surface area (Å²) in [6.45, 7) is 0. The van der Waals surface area contributed by atoms with Crippen LogP contribution in [0.4, 0.5) is 11.4 Å². The van der Waals surface area contributed by atoms with Crippen LogP contribution in [0.25, 0.3) is 32.6 Å². The first-order valence-corrected chi connectivity index (χ1v) is 8.66. The van der Waals surface area contributed by atoms with E-state index in [1.54, 1.807) is 0 Å². The first kappa shape index (κ1) is 13.7. The van der Waals surface area contributed by atoms with E-state index in [9.17, 15) is 0 Å². The van der Waals surface area contributed by atoms with E-state index < -0.39 is 0 Å². The van der Waals surface area contributed by atoms with Crippen LogP contribution in [0.2, 0.25) is 0 Å². The van der Waals surface area contributed by atoms with Gasteiger partial charge in [0.05, 0.1) is 22.4 Å². The molecule has 2 heterocycles. The Morgan fingerprint density at radius 1 is 0.654 bits per heavy atom. The average molecular weight is 334 g/mol. The highest BCUT2D eigenvalue weighted by Gasteiger charge is 2.19. The monoisotopic (exact) mass is 334 g/mol. The SMILES string of the molecule is c1ccc2c(c1)Nc1c(ccc3c1ccc1nc4ccccc4cc13)O2. The Labute approximate surface area is 149 Å². The van der Waals surface area contributed by atoms with Gasteiger partial charge in [-0.15, -0.1) is 0 Å². The quantitative estimate of drug-likeness (QED) is 0.258. The number of hydrogen-bond donors (Lipinski definition) is 1. The van der Waals surface area contributed by atoms with Crippen molar-refractivity contribution in [2.24, 2.45) is 0 Å². The number of pyridine rings is 1. The van der Waals surface area contributed by atoms with E-state index in [-0.39, 0.29) is 0 Å². The second-order valence-corrected chi connectivity index (χ2v) is 6.57. The van der Waals surface area contributed by atoms with E-state index in [0.29, 0.717) is 0 Å². The van der Waals surface area contributed by atoms with Gasteiger partial charge in [-0.05, 0) is 53.9 Å². The molecule has 0 unspecified atom stereocenters. The standard InChI is InChI=1S/C23H14N2O/c1-2-6-18-14(5-1)13-17-15-10-12-22-23(16(15)9-11-19(17)24-18)25-20-7-3-4-8-21(20)26-22/h1-13,25H. The first-order valence-electron chi connectivity index (χ1n) is 8.66. The molecule has 1 aromatic heterocycles. The summed E-state index contributed by atoms with van der Waals surface area (Å²) in [7, 11) is 0. The van der Waals surface area contributed by atoms with Crippen molar-refractivity contribution < 1.29 is 4.74 Å². The van der Waals surface area contributed by atoms with Crippen LogP contribution in [0, 0.1) is 0 Å². The van der Waals surface area contributed by atoms with E-state index in [0.717, 1.165) is 50.1 Å². The Morgan fingerprint density at radius 3 is 2.50 bits per heavy atom. The van der Waals surface area contributed by atoms with E-state index in [2.05, 4.69) is 47.8 Å². The summed E-state index contributed by atoms with van der Waals surface area (Å²) in [5.41, 5.74) is 4.03. The zero-order valence-electron chi connectivity index (χ0n) is 13.9. The molecule has 0 fully saturated rings. The van der Waals surface area contributed by atoms with Crippen LogP contribution in [0.5, 0.6) is 11.5 Å². The number of nitrogens with one attached hydrogen (secondary N) is 1. The fourth-order valence-electron chi connectivity index (χ4n) is 3.77. The summed E-state index contributed by atoms with van der Waals surface area (Å²) in [4.78, 5) is 4.82. The summed E-state index contributed by atoms with van der Waals surface area (Å²) < 4.78 is 6.09. The molecule has 6 rings (SSSR count). The van der Waals surface area contributed by atoms with Gasteiger partial charge in [0.25, 0.3) is 0 Å². The minimum Gasteiger partial charge on any atom is -0.453 e. The lowest BCUT2D eigenvalue weighted by Crippen LogP contribution is -2.03. The molecule has 1 aliphatic heterocycles. The van der Waals surface area contributed by atoms with Gasteiger partial charge in [0, 0.05) is 16.2 Å². The van der Waals surface area contributed by atoms with E-state index >= 15 is 0 Å². The maximum absolute atomic E-state index is 6.09. The van der Waals surface area contributed by atoms with Crippen molar-refractivity contribution in [3.63, 3.8) is 0 Å². The third kappa shape index (κ3) is 1.85. The number of fused-ring (bicyclic) bond motifs is 7. The minimum absolute atomic E-state index is 0.851. The van der Waals surface area contributed by atoms with Crippen molar-refractivity contribution >= 4 is 44.0 Å². The third-order valence-corrected chi connectivity index (χ3v) is 5.03. The highest BCUT2D eigenvalue weighted by molar-refractivity contribution is 6.14. The zero-order chi connectivity index (χ0) is 17.1. The fraction of sp³-hybridized carbons (Fsp3) is 0. The van der Waals surface area contributed by atoms with Crippen molar-refractivity contribution in [3.8, 4) is 11.5 Å². The van der Waals surface area contributed by atoms with Crippen LogP contribution in [-0.4, -0.2) is 4.98 Å². The lowest BCUT2D eigenvalue weighted by atomic mass is 10.0. The normalized spacial score (nSPS) is 12.5. The molecule has 122 valence electrons. The minimum atomic E-state index is 0.851. The largest absolute Gasteiger partial charge is 0.453 e. The van der Waals surface area contributed by atoms with Crippen LogP contribution in [0.15, 0.2) is 78.9 Å². The predicted octanol–water partition coefficient (Wildman–Crippen LogP) is 6.39. The summed E-state index contributed by atoms with van der Waals surface area (Å²) in [5, 5.41) is 8.17. The molecule has 1 aliphatic rings. The van der Waals surface area contributed by atoms with Crippen LogP contribution >= 0.6 is 0 Å². The lowest BCUT2D eigenvalue weighted by Gasteiger charge is -2.23. The Hall–Kier alpha value is -3.59. The first-order chi connectivity index (χ1) is 12.9. The van der Waals surface area contributed by atoms with Crippen LogP contribution in [-0.2, 0) is 0 Å². The molecule has 5 aromatic rings. The van der Waals surface area contributed by atoms with Crippen molar-refractivity contribution in [3.05, 3.63) is 78.9 Å². The number of nitrogens with zero attached hydrogens (tertiary/aromatic N) is 1. The molecule has 0 atom stereocenters. The van der Waals surface area contributed by atoms with Gasteiger partial charge in [-0.2, -0.15) is 0 Å². The second kappa shape index (κ2) is 4.96. The van der Waals surface area contributed by atoms with Gasteiger partial charge in [-0.25, -0.2) is 4.98 Å². The maximum Gasteiger partial charge on any atom is 0.151 e. The second-order valence-electron chi connectivity index (χ2n) is 6.57. The number of hydrogen-bond acceptors (Lipinski definition) is 3. The van der Waals surface area contributed by atoms with Crippen molar-refractivity contribution in [2.45, 2.75) is 0 Å². The number of ether oxygens (including phenoxy) is 1. The highest BCUT2D eigenvalue weighted by Crippen LogP contribution is 2.46. The molecule has 3 heteroatoms. The van der Waals surface area contributed by atoms with Crippen LogP contribution in [0.3, 0.4) is 0 Å². The molecular formula is C23H14N2O. The molecular weight excluding hydrogens is 320 g/mol. The molecule has 0 spiro atoms. The van der Waals surface area contributed by atoms with Gasteiger partial charge in [0.15, 0.2) is 11.5 Å². The molecule has 0 aliphatic carbocycles. The van der Waals surface area contributed by atoms with E-state index in [1.807, 2.05) is 36.4 Å². The zero-order valence-corrected chi connectivity index (χ0v) is 13.9. The smallest absolute Gasteiger partial charge is 0.151 e. The summed E-state index contributed by atoms with van der Waals surface area (Å²) in [6.07, 6.45) is 0. The molecule has 0 radical (unpaired) electrons. The topological polar surface area (TPSA) is 34.2 Å². The molecule has 0 saturated carbocycles. The highest BCUT2D eigenvalue weighted by atomic mass is 16.5.